The van der Waals surface area contributed by atoms with E-state index in [4.69, 9.17) is 11.6 Å². The Balaban J connectivity index is 2.27. The third-order valence-corrected chi connectivity index (χ3v) is 4.08. The quantitative estimate of drug-likeness (QED) is 0.699. The van der Waals surface area contributed by atoms with Gasteiger partial charge in [0.05, 0.1) is 10.7 Å². The smallest absolute Gasteiger partial charge is 0.206 e. The van der Waals surface area contributed by atoms with Crippen molar-refractivity contribution in [2.24, 2.45) is 0 Å². The Morgan fingerprint density at radius 2 is 2.00 bits per heavy atom. The first-order chi connectivity index (χ1) is 9.70. The van der Waals surface area contributed by atoms with E-state index in [2.05, 4.69) is 11.9 Å². The summed E-state index contributed by atoms with van der Waals surface area (Å²) in [4.78, 5) is 15.7. The number of halogens is 1. The summed E-state index contributed by atoms with van der Waals surface area (Å²) in [6.45, 7) is 2.13. The van der Waals surface area contributed by atoms with Crippen LogP contribution in [0.2, 0.25) is 5.02 Å². The van der Waals surface area contributed by atoms with Gasteiger partial charge in [0.2, 0.25) is 5.43 Å². The van der Waals surface area contributed by atoms with Crippen molar-refractivity contribution in [2.45, 2.75) is 26.2 Å². The molecule has 20 heavy (non-hydrogen) atoms. The summed E-state index contributed by atoms with van der Waals surface area (Å²) in [5, 5.41) is 1.39. The monoisotopic (exact) mass is 285 g/mol. The summed E-state index contributed by atoms with van der Waals surface area (Å²) in [5.41, 5.74) is 3.43. The predicted octanol–water partition coefficient (Wildman–Crippen LogP) is 4.63. The number of rotatable bonds is 3. The molecule has 3 heteroatoms. The summed E-state index contributed by atoms with van der Waals surface area (Å²) in [7, 11) is 0. The number of para-hydroxylation sites is 1. The topological polar surface area (TPSA) is 32.9 Å². The van der Waals surface area contributed by atoms with Gasteiger partial charge in [0.25, 0.3) is 0 Å². The molecule has 3 rings (SSSR count). The minimum Gasteiger partial charge on any atom is -0.354 e. The van der Waals surface area contributed by atoms with Gasteiger partial charge in [0.15, 0.2) is 0 Å². The summed E-state index contributed by atoms with van der Waals surface area (Å²) >= 11 is 6.23. The highest BCUT2D eigenvalue weighted by Gasteiger charge is 2.15. The summed E-state index contributed by atoms with van der Waals surface area (Å²) in [5.74, 6) is 0. The average molecular weight is 286 g/mol. The van der Waals surface area contributed by atoms with Gasteiger partial charge in [-0.3, -0.25) is 4.79 Å². The number of aromatic nitrogens is 1. The first-order valence-electron chi connectivity index (χ1n) is 6.94. The van der Waals surface area contributed by atoms with Gasteiger partial charge < -0.3 is 4.98 Å². The molecule has 1 heterocycles. The third kappa shape index (κ3) is 2.20. The van der Waals surface area contributed by atoms with E-state index < -0.39 is 0 Å². The molecule has 1 N–H and O–H groups in total. The highest BCUT2D eigenvalue weighted by atomic mass is 35.5. The van der Waals surface area contributed by atoms with Crippen molar-refractivity contribution in [3.05, 3.63) is 57.2 Å². The van der Waals surface area contributed by atoms with Gasteiger partial charge in [-0.05, 0) is 42.0 Å². The molecule has 0 radical (unpaired) electrons. The number of unbranched alkanes of at least 4 members (excludes halogenated alkanes) is 1. The molecular formula is C17H16ClNO. The third-order valence-electron chi connectivity index (χ3n) is 3.66. The van der Waals surface area contributed by atoms with Gasteiger partial charge in [0.1, 0.15) is 0 Å². The molecule has 0 aromatic heterocycles. The van der Waals surface area contributed by atoms with Crippen LogP contribution in [-0.2, 0) is 6.42 Å². The Morgan fingerprint density at radius 3 is 2.80 bits per heavy atom. The molecule has 0 amide bonds. The van der Waals surface area contributed by atoms with Gasteiger partial charge in [-0.15, -0.1) is 0 Å². The fourth-order valence-corrected chi connectivity index (χ4v) is 2.79. The second-order valence-corrected chi connectivity index (χ2v) is 5.48. The predicted molar refractivity (Wildman–Crippen MR) is 84.8 cm³/mol. The lowest BCUT2D eigenvalue weighted by molar-refractivity contribution is 0.794. The molecule has 1 aromatic rings. The van der Waals surface area contributed by atoms with E-state index >= 15 is 0 Å². The molecule has 0 unspecified atom stereocenters. The maximum atomic E-state index is 12.4. The zero-order chi connectivity index (χ0) is 14.1. The first kappa shape index (κ1) is 13.2. The lowest BCUT2D eigenvalue weighted by Crippen LogP contribution is -2.11. The van der Waals surface area contributed by atoms with Crippen molar-refractivity contribution in [1.29, 1.82) is 0 Å². The molecule has 102 valence electrons. The largest absolute Gasteiger partial charge is 0.354 e. The molecule has 2 nitrogen and oxygen atoms in total. The Labute approximate surface area is 122 Å². The van der Waals surface area contributed by atoms with Crippen LogP contribution in [0.3, 0.4) is 0 Å². The van der Waals surface area contributed by atoms with Gasteiger partial charge >= 0.3 is 0 Å². The molecule has 0 spiro atoms. The minimum absolute atomic E-state index is 0.0720. The molecule has 2 aliphatic rings. The SMILES string of the molecule is CCCCc1cc2[nH]c3ccccc3cc-2c(=O)c1Cl. The molecule has 1 aliphatic carbocycles. The van der Waals surface area contributed by atoms with Gasteiger partial charge in [-0.1, -0.05) is 43.1 Å². The number of hydrogen-bond donors (Lipinski definition) is 1. The standard InChI is InChI=1S/C17H16ClNO/c1-2-3-6-12-10-15-13(17(20)16(12)18)9-11-7-4-5-8-14(11)19-15/h4-5,7-10,19H,2-3,6H2,1H3. The van der Waals surface area contributed by atoms with Crippen LogP contribution in [-0.4, -0.2) is 4.98 Å². The van der Waals surface area contributed by atoms with E-state index in [0.29, 0.717) is 10.6 Å². The molecule has 0 bridgehead atoms. The molecule has 0 saturated carbocycles. The molecule has 0 saturated heterocycles. The Kier molecular flexibility index (Phi) is 3.49. The van der Waals surface area contributed by atoms with Crippen molar-refractivity contribution in [3.8, 4) is 11.3 Å². The van der Waals surface area contributed by atoms with E-state index in [0.717, 1.165) is 41.4 Å². The highest BCUT2D eigenvalue weighted by molar-refractivity contribution is 6.31. The zero-order valence-corrected chi connectivity index (χ0v) is 12.1. The van der Waals surface area contributed by atoms with Crippen molar-refractivity contribution >= 4 is 22.5 Å². The lowest BCUT2D eigenvalue weighted by atomic mass is 10.00. The van der Waals surface area contributed by atoms with E-state index in [9.17, 15) is 4.79 Å². The first-order valence-corrected chi connectivity index (χ1v) is 7.31. The van der Waals surface area contributed by atoms with Crippen molar-refractivity contribution < 1.29 is 0 Å². The van der Waals surface area contributed by atoms with Crippen LogP contribution >= 0.6 is 11.6 Å². The van der Waals surface area contributed by atoms with Crippen LogP contribution in [0.5, 0.6) is 0 Å². The maximum absolute atomic E-state index is 12.4. The number of hydrogen-bond acceptors (Lipinski definition) is 1. The van der Waals surface area contributed by atoms with E-state index in [1.807, 2.05) is 36.4 Å². The van der Waals surface area contributed by atoms with Crippen LogP contribution in [0.1, 0.15) is 25.3 Å². The second kappa shape index (κ2) is 5.29. The number of pyridine rings is 1. The van der Waals surface area contributed by atoms with Gasteiger partial charge in [-0.2, -0.15) is 0 Å². The fourth-order valence-electron chi connectivity index (χ4n) is 2.53. The maximum Gasteiger partial charge on any atom is 0.206 e. The van der Waals surface area contributed by atoms with E-state index in [1.165, 1.54) is 0 Å². The number of H-pyrrole nitrogens is 1. The van der Waals surface area contributed by atoms with Crippen LogP contribution in [0.15, 0.2) is 41.2 Å². The molecule has 1 aromatic carbocycles. The fraction of sp³-hybridized carbons (Fsp3) is 0.235. The molecule has 0 atom stereocenters. The summed E-state index contributed by atoms with van der Waals surface area (Å²) in [6, 6.07) is 11.9. The van der Waals surface area contributed by atoms with Gasteiger partial charge in [0, 0.05) is 11.1 Å². The molecular weight excluding hydrogens is 270 g/mol. The molecule has 0 fully saturated rings. The number of fused-ring (bicyclic) bond motifs is 2. The Bertz CT molecular complexity index is 791. The Morgan fingerprint density at radius 1 is 1.20 bits per heavy atom. The average Bonchev–Trinajstić information content (AvgIpc) is 2.48. The van der Waals surface area contributed by atoms with Crippen LogP contribution in [0.25, 0.3) is 22.2 Å². The Hall–Kier alpha value is -1.80. The summed E-state index contributed by atoms with van der Waals surface area (Å²) < 4.78 is 0. The molecule has 1 aliphatic heterocycles. The second-order valence-electron chi connectivity index (χ2n) is 5.10. The number of aromatic amines is 1. The van der Waals surface area contributed by atoms with Gasteiger partial charge in [-0.25, -0.2) is 0 Å². The van der Waals surface area contributed by atoms with E-state index in [-0.39, 0.29) is 5.43 Å². The van der Waals surface area contributed by atoms with Crippen molar-refractivity contribution in [1.82, 2.24) is 4.98 Å². The van der Waals surface area contributed by atoms with E-state index in [1.54, 1.807) is 0 Å². The minimum atomic E-state index is -0.0720. The van der Waals surface area contributed by atoms with Crippen molar-refractivity contribution in [2.75, 3.05) is 0 Å². The van der Waals surface area contributed by atoms with Crippen molar-refractivity contribution in [3.63, 3.8) is 0 Å². The number of aryl methyl sites for hydroxylation is 1. The number of benzene rings is 2. The normalized spacial score (nSPS) is 11.3. The van der Waals surface area contributed by atoms with Crippen LogP contribution in [0, 0.1) is 0 Å². The van der Waals surface area contributed by atoms with Crippen LogP contribution < -0.4 is 5.43 Å². The summed E-state index contributed by atoms with van der Waals surface area (Å²) in [6.07, 6.45) is 2.98. The zero-order valence-electron chi connectivity index (χ0n) is 11.4. The lowest BCUT2D eigenvalue weighted by Gasteiger charge is -2.12. The highest BCUT2D eigenvalue weighted by Crippen LogP contribution is 2.27. The van der Waals surface area contributed by atoms with Crippen LogP contribution in [0.4, 0.5) is 0 Å². The number of nitrogens with one attached hydrogen (secondary N) is 1.